The lowest BCUT2D eigenvalue weighted by Gasteiger charge is -2.09. The third kappa shape index (κ3) is 3.44. The Morgan fingerprint density at radius 1 is 1.37 bits per heavy atom. The first-order valence-electron chi connectivity index (χ1n) is 8.54. The Bertz CT molecular complexity index is 1060. The van der Waals surface area contributed by atoms with Crippen molar-refractivity contribution in [2.45, 2.75) is 26.8 Å². The number of hydrogen-bond acceptors (Lipinski definition) is 5. The predicted molar refractivity (Wildman–Crippen MR) is 105 cm³/mol. The number of rotatable bonds is 6. The van der Waals surface area contributed by atoms with E-state index in [1.807, 2.05) is 13.0 Å². The van der Waals surface area contributed by atoms with Crippen molar-refractivity contribution in [3.63, 3.8) is 0 Å². The highest BCUT2D eigenvalue weighted by Gasteiger charge is 2.21. The summed E-state index contributed by atoms with van der Waals surface area (Å²) >= 11 is 1.16. The maximum atomic E-state index is 12.9. The summed E-state index contributed by atoms with van der Waals surface area (Å²) in [4.78, 5) is 31.0. The van der Waals surface area contributed by atoms with Crippen LogP contribution in [0.1, 0.15) is 28.0 Å². The number of nitrogens with zero attached hydrogens (tertiary/aromatic N) is 2. The second-order valence-corrected chi connectivity index (χ2v) is 6.92. The number of aromatic nitrogens is 2. The summed E-state index contributed by atoms with van der Waals surface area (Å²) in [5.74, 6) is 0.721. The Balaban J connectivity index is 2.07. The van der Waals surface area contributed by atoms with E-state index >= 15 is 0 Å². The number of carbonyl (C=O) groups is 1. The Morgan fingerprint density at radius 3 is 2.78 bits per heavy atom. The van der Waals surface area contributed by atoms with Crippen molar-refractivity contribution in [3.8, 4) is 5.75 Å². The number of para-hydroxylation sites is 2. The van der Waals surface area contributed by atoms with Gasteiger partial charge in [-0.1, -0.05) is 19.1 Å². The Morgan fingerprint density at radius 2 is 2.11 bits per heavy atom. The van der Waals surface area contributed by atoms with Gasteiger partial charge >= 0.3 is 0 Å². The van der Waals surface area contributed by atoms with Crippen LogP contribution in [0, 0.1) is 6.92 Å². The van der Waals surface area contributed by atoms with Gasteiger partial charge in [-0.2, -0.15) is 0 Å². The number of thiophene rings is 1. The summed E-state index contributed by atoms with van der Waals surface area (Å²) in [7, 11) is 1.53. The van der Waals surface area contributed by atoms with E-state index in [0.29, 0.717) is 44.3 Å². The van der Waals surface area contributed by atoms with E-state index in [1.165, 1.54) is 11.7 Å². The highest BCUT2D eigenvalue weighted by Crippen LogP contribution is 2.30. The largest absolute Gasteiger partial charge is 0.495 e. The highest BCUT2D eigenvalue weighted by molar-refractivity contribution is 7.20. The molecule has 0 aliphatic rings. The minimum absolute atomic E-state index is 0.0387. The fraction of sp³-hybridized carbons (Fsp3) is 0.316. The number of amides is 1. The van der Waals surface area contributed by atoms with Crippen molar-refractivity contribution < 1.29 is 13.9 Å². The molecule has 6 nitrogen and oxygen atoms in total. The van der Waals surface area contributed by atoms with Crippen LogP contribution in [0.2, 0.25) is 0 Å². The molecule has 3 aromatic rings. The molecule has 0 radical (unpaired) electrons. The molecule has 1 aromatic carbocycles. The fourth-order valence-corrected chi connectivity index (χ4v) is 4.07. The third-order valence-corrected chi connectivity index (χ3v) is 5.50. The van der Waals surface area contributed by atoms with E-state index in [0.717, 1.165) is 11.3 Å². The van der Waals surface area contributed by atoms with Gasteiger partial charge in [0.2, 0.25) is 0 Å². The average Bonchev–Trinajstić information content (AvgIpc) is 3.01. The van der Waals surface area contributed by atoms with Gasteiger partial charge in [-0.15, -0.1) is 11.3 Å². The van der Waals surface area contributed by atoms with E-state index in [1.54, 1.807) is 25.1 Å². The molecule has 8 heteroatoms. The van der Waals surface area contributed by atoms with E-state index in [9.17, 15) is 14.0 Å². The molecular weight excluding hydrogens is 369 g/mol. The van der Waals surface area contributed by atoms with Crippen LogP contribution in [0.4, 0.5) is 10.1 Å². The van der Waals surface area contributed by atoms with Gasteiger partial charge in [0.05, 0.1) is 29.6 Å². The number of hydrogen-bond donors (Lipinski definition) is 1. The van der Waals surface area contributed by atoms with Gasteiger partial charge in [0.25, 0.3) is 11.5 Å². The third-order valence-electron chi connectivity index (χ3n) is 4.32. The number of halogens is 1. The Kier molecular flexibility index (Phi) is 5.55. The number of carbonyl (C=O) groups excluding carboxylic acids is 1. The van der Waals surface area contributed by atoms with E-state index in [4.69, 9.17) is 4.74 Å². The summed E-state index contributed by atoms with van der Waals surface area (Å²) in [6.07, 6.45) is 0.505. The van der Waals surface area contributed by atoms with Crippen LogP contribution < -0.4 is 15.6 Å². The number of fused-ring (bicyclic) bond motifs is 1. The summed E-state index contributed by atoms with van der Waals surface area (Å²) in [6.45, 7) is 2.88. The second-order valence-electron chi connectivity index (χ2n) is 5.92. The monoisotopic (exact) mass is 389 g/mol. The lowest BCUT2D eigenvalue weighted by molar-refractivity contribution is 0.102. The molecule has 0 atom stereocenters. The molecule has 0 aliphatic heterocycles. The van der Waals surface area contributed by atoms with Crippen LogP contribution in [0.25, 0.3) is 10.2 Å². The number of benzene rings is 1. The van der Waals surface area contributed by atoms with E-state index in [2.05, 4.69) is 10.3 Å². The molecule has 0 bridgehead atoms. The van der Waals surface area contributed by atoms with Crippen LogP contribution in [-0.4, -0.2) is 29.2 Å². The zero-order chi connectivity index (χ0) is 19.6. The zero-order valence-corrected chi connectivity index (χ0v) is 16.2. The maximum absolute atomic E-state index is 12.9. The average molecular weight is 389 g/mol. The summed E-state index contributed by atoms with van der Waals surface area (Å²) in [5.41, 5.74) is 0.786. The molecule has 0 spiro atoms. The molecule has 0 unspecified atom stereocenters. The number of anilines is 1. The molecule has 27 heavy (non-hydrogen) atoms. The van der Waals surface area contributed by atoms with E-state index < -0.39 is 6.67 Å². The quantitative estimate of drug-likeness (QED) is 0.700. The first kappa shape index (κ1) is 19.0. The molecule has 0 saturated heterocycles. The minimum Gasteiger partial charge on any atom is -0.495 e. The van der Waals surface area contributed by atoms with Gasteiger partial charge in [0.1, 0.15) is 23.1 Å². The zero-order valence-electron chi connectivity index (χ0n) is 15.3. The van der Waals surface area contributed by atoms with Gasteiger partial charge in [-0.05, 0) is 24.6 Å². The van der Waals surface area contributed by atoms with Crippen LogP contribution >= 0.6 is 11.3 Å². The smallest absolute Gasteiger partial charge is 0.266 e. The number of aryl methyl sites for hydroxylation is 2. The van der Waals surface area contributed by atoms with Crippen molar-refractivity contribution in [1.82, 2.24) is 9.55 Å². The van der Waals surface area contributed by atoms with Crippen LogP contribution in [-0.2, 0) is 13.0 Å². The Hall–Kier alpha value is -2.74. The predicted octanol–water partition coefficient (Wildman–Crippen LogP) is 3.56. The van der Waals surface area contributed by atoms with Crippen LogP contribution in [0.5, 0.6) is 5.75 Å². The molecule has 1 N–H and O–H groups in total. The van der Waals surface area contributed by atoms with Crippen molar-refractivity contribution in [1.29, 1.82) is 0 Å². The van der Waals surface area contributed by atoms with Gasteiger partial charge < -0.3 is 10.1 Å². The normalized spacial score (nSPS) is 11.0. The topological polar surface area (TPSA) is 73.2 Å². The molecule has 1 amide bonds. The maximum Gasteiger partial charge on any atom is 0.266 e. The summed E-state index contributed by atoms with van der Waals surface area (Å²) in [6, 6.07) is 7.09. The summed E-state index contributed by atoms with van der Waals surface area (Å²) in [5, 5.41) is 3.19. The number of nitrogens with one attached hydrogen (secondary N) is 1. The molecule has 2 heterocycles. The molecule has 3 rings (SSSR count). The lowest BCUT2D eigenvalue weighted by Crippen LogP contribution is -2.26. The molecule has 0 fully saturated rings. The number of methoxy groups -OCH3 is 1. The minimum atomic E-state index is -0.648. The first-order chi connectivity index (χ1) is 13.0. The van der Waals surface area contributed by atoms with Crippen LogP contribution in [0.15, 0.2) is 29.1 Å². The fourth-order valence-electron chi connectivity index (χ4n) is 2.99. The van der Waals surface area contributed by atoms with Gasteiger partial charge in [-0.25, -0.2) is 9.37 Å². The van der Waals surface area contributed by atoms with Crippen molar-refractivity contribution in [2.75, 3.05) is 19.1 Å². The second kappa shape index (κ2) is 7.87. The lowest BCUT2D eigenvalue weighted by atomic mass is 10.2. The molecule has 0 saturated carbocycles. The van der Waals surface area contributed by atoms with Gasteiger partial charge in [0.15, 0.2) is 0 Å². The van der Waals surface area contributed by atoms with Crippen molar-refractivity contribution in [2.24, 2.45) is 0 Å². The van der Waals surface area contributed by atoms with E-state index in [-0.39, 0.29) is 18.0 Å². The van der Waals surface area contributed by atoms with Gasteiger partial charge in [0, 0.05) is 6.42 Å². The SMILES string of the molecule is CCc1nc2sc(C(=O)Nc3ccccc3OC)c(C)c2c(=O)n1CCF. The molecule has 142 valence electrons. The number of ether oxygens (including phenoxy) is 1. The molecule has 0 aliphatic carbocycles. The Labute approximate surface area is 159 Å². The molecular formula is C19H20FN3O3S. The van der Waals surface area contributed by atoms with Gasteiger partial charge in [-0.3, -0.25) is 14.2 Å². The highest BCUT2D eigenvalue weighted by atomic mass is 32.1. The first-order valence-corrected chi connectivity index (χ1v) is 9.36. The standard InChI is InChI=1S/C19H20FN3O3S/c1-4-14-22-18-15(19(25)23(14)10-9-20)11(2)16(27-18)17(24)21-12-7-5-6-8-13(12)26-3/h5-8H,4,9-10H2,1-3H3,(H,21,24). The molecule has 2 aromatic heterocycles. The number of alkyl halides is 1. The summed E-state index contributed by atoms with van der Waals surface area (Å²) < 4.78 is 19.5. The van der Waals surface area contributed by atoms with Crippen molar-refractivity contribution in [3.05, 3.63) is 50.9 Å². The van der Waals surface area contributed by atoms with Crippen LogP contribution in [0.3, 0.4) is 0 Å². The van der Waals surface area contributed by atoms with Crippen molar-refractivity contribution >= 4 is 33.1 Å².